The molecule has 2 heterocycles. The van der Waals surface area contributed by atoms with Crippen LogP contribution >= 0.6 is 0 Å². The predicted molar refractivity (Wildman–Crippen MR) is 40.8 cm³/mol. The molecule has 2 aliphatic rings. The maximum Gasteiger partial charge on any atom is 0.302 e. The van der Waals surface area contributed by atoms with Gasteiger partial charge in [0.2, 0.25) is 0 Å². The maximum absolute atomic E-state index is 10.7. The van der Waals surface area contributed by atoms with E-state index < -0.39 is 12.2 Å². The van der Waals surface area contributed by atoms with Gasteiger partial charge in [0.1, 0.15) is 18.3 Å². The number of hydrogen-bond donors (Lipinski definition) is 1. The van der Waals surface area contributed by atoms with E-state index in [1.165, 1.54) is 6.92 Å². The molecule has 74 valence electrons. The molecule has 2 bridgehead atoms. The molecule has 4 atom stereocenters. The van der Waals surface area contributed by atoms with Crippen LogP contribution in [0, 0.1) is 0 Å². The van der Waals surface area contributed by atoms with Crippen LogP contribution in [0.2, 0.25) is 0 Å². The van der Waals surface area contributed by atoms with Gasteiger partial charge in [-0.15, -0.1) is 0 Å². The van der Waals surface area contributed by atoms with Gasteiger partial charge in [-0.05, 0) is 0 Å². The van der Waals surface area contributed by atoms with E-state index in [9.17, 15) is 9.90 Å². The summed E-state index contributed by atoms with van der Waals surface area (Å²) in [5, 5.41) is 9.62. The minimum Gasteiger partial charge on any atom is -0.459 e. The molecule has 0 aromatic carbocycles. The summed E-state index contributed by atoms with van der Waals surface area (Å²) in [7, 11) is 0. The Kier molecular flexibility index (Phi) is 2.23. The molecule has 0 saturated carbocycles. The maximum atomic E-state index is 10.7. The van der Waals surface area contributed by atoms with E-state index in [4.69, 9.17) is 14.2 Å². The average Bonchev–Trinajstić information content (AvgIpc) is 2.44. The smallest absolute Gasteiger partial charge is 0.302 e. The van der Waals surface area contributed by atoms with Gasteiger partial charge >= 0.3 is 5.97 Å². The minimum absolute atomic E-state index is 0.322. The molecular formula is C8H12O5. The zero-order chi connectivity index (χ0) is 9.42. The highest BCUT2D eigenvalue weighted by Crippen LogP contribution is 2.29. The van der Waals surface area contributed by atoms with Gasteiger partial charge in [0.25, 0.3) is 0 Å². The Bertz CT molecular complexity index is 217. The Hall–Kier alpha value is -0.650. The largest absolute Gasteiger partial charge is 0.459 e. The van der Waals surface area contributed by atoms with Crippen molar-refractivity contribution in [3.05, 3.63) is 0 Å². The number of carbonyl (C=O) groups excluding carboxylic acids is 1. The average molecular weight is 188 g/mol. The Morgan fingerprint density at radius 2 is 2.38 bits per heavy atom. The van der Waals surface area contributed by atoms with Gasteiger partial charge in [0, 0.05) is 13.3 Å². The Morgan fingerprint density at radius 1 is 1.62 bits per heavy atom. The first-order chi connectivity index (χ1) is 6.16. The summed E-state index contributed by atoms with van der Waals surface area (Å²) in [6.45, 7) is 1.70. The van der Waals surface area contributed by atoms with Crippen molar-refractivity contribution in [2.75, 3.05) is 6.61 Å². The standard InChI is InChI=1S/C8H12O5/c1-4(9)12-5-2-7-11-3-6(13-7)8(5)10/h5-8,10H,2-3H2,1H3/t5-,6-,7-,8+/m1/s1. The third kappa shape index (κ3) is 1.67. The van der Waals surface area contributed by atoms with Crippen molar-refractivity contribution in [1.82, 2.24) is 0 Å². The first kappa shape index (κ1) is 8.93. The van der Waals surface area contributed by atoms with E-state index in [0.717, 1.165) is 0 Å². The molecule has 5 heteroatoms. The number of rotatable bonds is 1. The van der Waals surface area contributed by atoms with Gasteiger partial charge in [0.05, 0.1) is 6.61 Å². The van der Waals surface area contributed by atoms with Crippen molar-refractivity contribution in [1.29, 1.82) is 0 Å². The summed E-state index contributed by atoms with van der Waals surface area (Å²) in [5.74, 6) is -0.384. The molecule has 0 aromatic rings. The molecule has 2 rings (SSSR count). The monoisotopic (exact) mass is 188 g/mol. The van der Waals surface area contributed by atoms with Crippen LogP contribution in [0.15, 0.2) is 0 Å². The molecule has 0 amide bonds. The van der Waals surface area contributed by atoms with Crippen LogP contribution < -0.4 is 0 Å². The number of esters is 1. The van der Waals surface area contributed by atoms with E-state index in [1.54, 1.807) is 0 Å². The van der Waals surface area contributed by atoms with E-state index in [0.29, 0.717) is 13.0 Å². The molecule has 0 unspecified atom stereocenters. The number of aliphatic hydroxyl groups is 1. The van der Waals surface area contributed by atoms with Crippen LogP contribution in [0.25, 0.3) is 0 Å². The fourth-order valence-corrected chi connectivity index (χ4v) is 1.68. The topological polar surface area (TPSA) is 65.0 Å². The highest BCUT2D eigenvalue weighted by atomic mass is 16.7. The molecule has 5 nitrogen and oxygen atoms in total. The molecule has 2 aliphatic heterocycles. The lowest BCUT2D eigenvalue weighted by Crippen LogP contribution is -2.46. The fraction of sp³-hybridized carbons (Fsp3) is 0.875. The quantitative estimate of drug-likeness (QED) is 0.558. The Labute approximate surface area is 75.6 Å². The summed E-state index contributed by atoms with van der Waals surface area (Å²) in [6, 6.07) is 0. The summed E-state index contributed by atoms with van der Waals surface area (Å²) in [5.41, 5.74) is 0. The minimum atomic E-state index is -0.761. The Morgan fingerprint density at radius 3 is 3.08 bits per heavy atom. The molecule has 2 saturated heterocycles. The first-order valence-corrected chi connectivity index (χ1v) is 4.29. The van der Waals surface area contributed by atoms with Crippen molar-refractivity contribution >= 4 is 5.97 Å². The van der Waals surface area contributed by atoms with Crippen molar-refractivity contribution in [2.24, 2.45) is 0 Å². The summed E-state index contributed by atoms with van der Waals surface area (Å²) in [6.07, 6.45) is -1.50. The highest BCUT2D eigenvalue weighted by molar-refractivity contribution is 5.66. The first-order valence-electron chi connectivity index (χ1n) is 4.29. The third-order valence-corrected chi connectivity index (χ3v) is 2.28. The van der Waals surface area contributed by atoms with E-state index in [1.807, 2.05) is 0 Å². The molecule has 0 aromatic heterocycles. The van der Waals surface area contributed by atoms with Crippen molar-refractivity contribution < 1.29 is 24.1 Å². The number of carbonyl (C=O) groups is 1. The van der Waals surface area contributed by atoms with Crippen LogP contribution in [0.1, 0.15) is 13.3 Å². The summed E-state index contributed by atoms with van der Waals surface area (Å²) >= 11 is 0. The second-order valence-corrected chi connectivity index (χ2v) is 3.31. The Balaban J connectivity index is 2.00. The van der Waals surface area contributed by atoms with Crippen molar-refractivity contribution in [3.63, 3.8) is 0 Å². The number of ether oxygens (including phenoxy) is 3. The number of fused-ring (bicyclic) bond motifs is 2. The lowest BCUT2D eigenvalue weighted by atomic mass is 10.0. The van der Waals surface area contributed by atoms with Gasteiger partial charge in [-0.3, -0.25) is 4.79 Å². The van der Waals surface area contributed by atoms with E-state index in [2.05, 4.69) is 0 Å². The lowest BCUT2D eigenvalue weighted by molar-refractivity contribution is -0.188. The lowest BCUT2D eigenvalue weighted by Gasteiger charge is -2.30. The van der Waals surface area contributed by atoms with Gasteiger partial charge < -0.3 is 19.3 Å². The molecule has 13 heavy (non-hydrogen) atoms. The molecule has 0 radical (unpaired) electrons. The SMILES string of the molecule is CC(=O)O[C@@H]1C[C@@H]2OC[C@@H](O2)[C@H]1O. The van der Waals surface area contributed by atoms with E-state index >= 15 is 0 Å². The van der Waals surface area contributed by atoms with Crippen molar-refractivity contribution in [2.45, 2.75) is 37.9 Å². The second kappa shape index (κ2) is 3.25. The predicted octanol–water partition coefficient (Wildman–Crippen LogP) is -0.576. The number of hydrogen-bond acceptors (Lipinski definition) is 5. The summed E-state index contributed by atoms with van der Waals surface area (Å²) < 4.78 is 15.4. The van der Waals surface area contributed by atoms with Crippen LogP contribution in [0.3, 0.4) is 0 Å². The molecule has 0 aliphatic carbocycles. The fourth-order valence-electron chi connectivity index (χ4n) is 1.68. The number of aliphatic hydroxyl groups excluding tert-OH is 1. The third-order valence-electron chi connectivity index (χ3n) is 2.28. The van der Waals surface area contributed by atoms with Crippen LogP contribution in [0.5, 0.6) is 0 Å². The summed E-state index contributed by atoms with van der Waals surface area (Å²) in [4.78, 5) is 10.7. The zero-order valence-corrected chi connectivity index (χ0v) is 7.30. The van der Waals surface area contributed by atoms with E-state index in [-0.39, 0.29) is 18.4 Å². The van der Waals surface area contributed by atoms with Gasteiger partial charge in [0.15, 0.2) is 6.29 Å². The molecular weight excluding hydrogens is 176 g/mol. The van der Waals surface area contributed by atoms with Gasteiger partial charge in [-0.25, -0.2) is 0 Å². The van der Waals surface area contributed by atoms with Crippen LogP contribution in [-0.4, -0.2) is 42.3 Å². The second-order valence-electron chi connectivity index (χ2n) is 3.31. The molecule has 1 N–H and O–H groups in total. The zero-order valence-electron chi connectivity index (χ0n) is 7.30. The normalized spacial score (nSPS) is 43.2. The molecule has 0 spiro atoms. The highest BCUT2D eigenvalue weighted by Gasteiger charge is 2.44. The van der Waals surface area contributed by atoms with Crippen LogP contribution in [0.4, 0.5) is 0 Å². The van der Waals surface area contributed by atoms with Gasteiger partial charge in [-0.2, -0.15) is 0 Å². The van der Waals surface area contributed by atoms with Crippen LogP contribution in [-0.2, 0) is 19.0 Å². The van der Waals surface area contributed by atoms with Crippen molar-refractivity contribution in [3.8, 4) is 0 Å². The van der Waals surface area contributed by atoms with Gasteiger partial charge in [-0.1, -0.05) is 0 Å². The molecule has 2 fully saturated rings.